The van der Waals surface area contributed by atoms with E-state index in [0.717, 1.165) is 44.0 Å². The number of thiophene rings is 1. The van der Waals surface area contributed by atoms with Gasteiger partial charge in [0.2, 0.25) is 0 Å². The Morgan fingerprint density at radius 1 is 1.07 bits per heavy atom. The summed E-state index contributed by atoms with van der Waals surface area (Å²) in [6.07, 6.45) is 4.42. The molecule has 5 heteroatoms. The maximum Gasteiger partial charge on any atom is 0.0819 e. The largest absolute Gasteiger partial charge is 0.396 e. The van der Waals surface area contributed by atoms with Crippen LogP contribution in [0.1, 0.15) is 28.8 Å². The van der Waals surface area contributed by atoms with Gasteiger partial charge in [-0.1, -0.05) is 36.7 Å². The van der Waals surface area contributed by atoms with Crippen LogP contribution in [0, 0.1) is 0 Å². The Labute approximate surface area is 167 Å². The molecule has 3 nitrogen and oxygen atoms in total. The minimum absolute atomic E-state index is 0.0863. The van der Waals surface area contributed by atoms with Gasteiger partial charge in [0.25, 0.3) is 0 Å². The number of nitrogens with zero attached hydrogens (tertiary/aromatic N) is 2. The summed E-state index contributed by atoms with van der Waals surface area (Å²) < 4.78 is 1.13. The van der Waals surface area contributed by atoms with Gasteiger partial charge in [0.05, 0.1) is 15.9 Å². The van der Waals surface area contributed by atoms with Gasteiger partial charge in [-0.2, -0.15) is 0 Å². The molecule has 0 saturated carbocycles. The van der Waals surface area contributed by atoms with Gasteiger partial charge >= 0.3 is 0 Å². The molecule has 4 rings (SSSR count). The average molecular weight is 395 g/mol. The highest BCUT2D eigenvalue weighted by Gasteiger charge is 2.13. The molecule has 0 amide bonds. The van der Waals surface area contributed by atoms with E-state index in [1.807, 2.05) is 43.5 Å². The Kier molecular flexibility index (Phi) is 5.21. The molecule has 1 aromatic carbocycles. The zero-order valence-electron chi connectivity index (χ0n) is 14.9. The van der Waals surface area contributed by atoms with E-state index in [1.165, 1.54) is 4.88 Å². The first-order valence-electron chi connectivity index (χ1n) is 8.83. The average Bonchev–Trinajstić information content (AvgIpc) is 3.11. The van der Waals surface area contributed by atoms with Gasteiger partial charge in [0, 0.05) is 46.8 Å². The first-order valence-corrected chi connectivity index (χ1v) is 10.0. The Morgan fingerprint density at radius 2 is 1.89 bits per heavy atom. The van der Waals surface area contributed by atoms with Crippen molar-refractivity contribution in [3.8, 4) is 11.3 Å². The Morgan fingerprint density at radius 3 is 2.70 bits per heavy atom. The van der Waals surface area contributed by atoms with Crippen molar-refractivity contribution < 1.29 is 5.11 Å². The predicted molar refractivity (Wildman–Crippen MR) is 113 cm³/mol. The summed E-state index contributed by atoms with van der Waals surface area (Å²) in [5.74, 6) is 0.0863. The van der Waals surface area contributed by atoms with Crippen LogP contribution in [0.15, 0.2) is 60.9 Å². The molecule has 0 aliphatic carbocycles. The molecule has 1 N–H and O–H groups in total. The van der Waals surface area contributed by atoms with Crippen molar-refractivity contribution in [1.29, 1.82) is 0 Å². The number of hydrogen-bond acceptors (Lipinski definition) is 4. The molecule has 0 aliphatic heterocycles. The fourth-order valence-corrected chi connectivity index (χ4v) is 4.47. The number of hydrogen-bond donors (Lipinski definition) is 1. The molecule has 0 aliphatic rings. The van der Waals surface area contributed by atoms with E-state index < -0.39 is 0 Å². The molecule has 0 bridgehead atoms. The van der Waals surface area contributed by atoms with Crippen molar-refractivity contribution in [1.82, 2.24) is 9.97 Å². The van der Waals surface area contributed by atoms with Crippen LogP contribution in [0.25, 0.3) is 21.5 Å². The summed E-state index contributed by atoms with van der Waals surface area (Å²) in [5.41, 5.74) is 5.15. The molecule has 4 aromatic rings. The molecule has 0 saturated heterocycles. The number of fused-ring (bicyclic) bond motifs is 1. The monoisotopic (exact) mass is 394 g/mol. The van der Waals surface area contributed by atoms with E-state index in [-0.39, 0.29) is 12.5 Å². The third-order valence-electron chi connectivity index (χ3n) is 4.69. The number of halogens is 1. The third kappa shape index (κ3) is 3.74. The van der Waals surface area contributed by atoms with Gasteiger partial charge in [-0.25, -0.2) is 0 Å². The molecule has 3 heterocycles. The molecule has 0 fully saturated rings. The maximum atomic E-state index is 9.45. The number of benzene rings is 1. The topological polar surface area (TPSA) is 46.0 Å². The highest BCUT2D eigenvalue weighted by molar-refractivity contribution is 7.19. The lowest BCUT2D eigenvalue weighted by Crippen LogP contribution is -1.99. The molecular formula is C22H19ClN2OS. The normalized spacial score (nSPS) is 12.4. The smallest absolute Gasteiger partial charge is 0.0819 e. The van der Waals surface area contributed by atoms with Crippen LogP contribution in [0.4, 0.5) is 0 Å². The van der Waals surface area contributed by atoms with Crippen molar-refractivity contribution >= 4 is 33.2 Å². The summed E-state index contributed by atoms with van der Waals surface area (Å²) >= 11 is 8.05. The van der Waals surface area contributed by atoms with Crippen molar-refractivity contribution in [2.75, 3.05) is 6.61 Å². The van der Waals surface area contributed by atoms with Gasteiger partial charge < -0.3 is 5.11 Å². The second kappa shape index (κ2) is 7.77. The quantitative estimate of drug-likeness (QED) is 0.472. The lowest BCUT2D eigenvalue weighted by molar-refractivity contribution is 0.273. The van der Waals surface area contributed by atoms with Gasteiger partial charge in [0.1, 0.15) is 0 Å². The molecule has 1 unspecified atom stereocenters. The van der Waals surface area contributed by atoms with Gasteiger partial charge in [-0.15, -0.1) is 11.3 Å². The van der Waals surface area contributed by atoms with Crippen LogP contribution >= 0.6 is 22.9 Å². The summed E-state index contributed by atoms with van der Waals surface area (Å²) in [5, 5.41) is 10.2. The van der Waals surface area contributed by atoms with Crippen LogP contribution in [0.5, 0.6) is 0 Å². The van der Waals surface area contributed by atoms with Crippen molar-refractivity contribution in [3.05, 3.63) is 82.0 Å². The Bertz CT molecular complexity index is 1090. The Balaban J connectivity index is 1.75. The van der Waals surface area contributed by atoms with Gasteiger partial charge in [0.15, 0.2) is 0 Å². The molecule has 0 spiro atoms. The summed E-state index contributed by atoms with van der Waals surface area (Å²) in [4.78, 5) is 10.3. The highest BCUT2D eigenvalue weighted by atomic mass is 35.5. The van der Waals surface area contributed by atoms with Crippen LogP contribution in [-0.4, -0.2) is 21.7 Å². The maximum absolute atomic E-state index is 9.45. The van der Waals surface area contributed by atoms with Crippen molar-refractivity contribution in [2.45, 2.75) is 19.3 Å². The van der Waals surface area contributed by atoms with Crippen LogP contribution < -0.4 is 0 Å². The van der Waals surface area contributed by atoms with E-state index in [1.54, 1.807) is 17.5 Å². The second-order valence-corrected chi connectivity index (χ2v) is 8.16. The predicted octanol–water partition coefficient (Wildman–Crippen LogP) is 5.70. The second-order valence-electron chi connectivity index (χ2n) is 6.61. The number of aliphatic hydroxyl groups excluding tert-OH is 1. The van der Waals surface area contributed by atoms with Crippen LogP contribution in [-0.2, 0) is 6.42 Å². The SMILES string of the molecule is CC(CO)c1ccnc(-c2ccnc3cc(Cc4ccccc4Cl)sc23)c1. The van der Waals surface area contributed by atoms with E-state index in [0.29, 0.717) is 0 Å². The zero-order chi connectivity index (χ0) is 18.8. The first-order chi connectivity index (χ1) is 13.2. The summed E-state index contributed by atoms with van der Waals surface area (Å²) in [6, 6.07) is 16.1. The molecule has 27 heavy (non-hydrogen) atoms. The molecular weight excluding hydrogens is 376 g/mol. The summed E-state index contributed by atoms with van der Waals surface area (Å²) in [7, 11) is 0. The molecule has 3 aromatic heterocycles. The number of aliphatic hydroxyl groups is 1. The molecule has 1 atom stereocenters. The van der Waals surface area contributed by atoms with Gasteiger partial charge in [-0.05, 0) is 41.5 Å². The fourth-order valence-electron chi connectivity index (χ4n) is 3.11. The minimum Gasteiger partial charge on any atom is -0.396 e. The van der Waals surface area contributed by atoms with Crippen LogP contribution in [0.2, 0.25) is 5.02 Å². The highest BCUT2D eigenvalue weighted by Crippen LogP contribution is 2.35. The van der Waals surface area contributed by atoms with Crippen LogP contribution in [0.3, 0.4) is 0 Å². The lowest BCUT2D eigenvalue weighted by atomic mass is 10.0. The number of rotatable bonds is 5. The standard InChI is InChI=1S/C22H19ClN2OS/c1-14(13-26)15-6-8-24-20(11-15)18-7-9-25-21-12-17(27-22(18)21)10-16-4-2-3-5-19(16)23/h2-9,11-12,14,26H,10,13H2,1H3. The van der Waals surface area contributed by atoms with E-state index in [9.17, 15) is 5.11 Å². The number of aromatic nitrogens is 2. The minimum atomic E-state index is 0.0863. The number of pyridine rings is 2. The van der Waals surface area contributed by atoms with E-state index in [2.05, 4.69) is 28.2 Å². The third-order valence-corrected chi connectivity index (χ3v) is 6.21. The first kappa shape index (κ1) is 18.1. The molecule has 0 radical (unpaired) electrons. The Hall–Kier alpha value is -2.27. The fraction of sp³-hybridized carbons (Fsp3) is 0.182. The van der Waals surface area contributed by atoms with Crippen molar-refractivity contribution in [3.63, 3.8) is 0 Å². The van der Waals surface area contributed by atoms with Gasteiger partial charge in [-0.3, -0.25) is 9.97 Å². The lowest BCUT2D eigenvalue weighted by Gasteiger charge is -2.10. The van der Waals surface area contributed by atoms with Crippen molar-refractivity contribution in [2.24, 2.45) is 0 Å². The van der Waals surface area contributed by atoms with E-state index in [4.69, 9.17) is 11.6 Å². The van der Waals surface area contributed by atoms with E-state index >= 15 is 0 Å². The summed E-state index contributed by atoms with van der Waals surface area (Å²) in [6.45, 7) is 2.13. The molecule has 136 valence electrons. The zero-order valence-corrected chi connectivity index (χ0v) is 16.5.